The van der Waals surface area contributed by atoms with Gasteiger partial charge < -0.3 is 14.9 Å². The van der Waals surface area contributed by atoms with Crippen LogP contribution in [0, 0.1) is 15.2 Å². The van der Waals surface area contributed by atoms with Crippen molar-refractivity contribution in [1.82, 2.24) is 4.98 Å². The van der Waals surface area contributed by atoms with Gasteiger partial charge in [-0.1, -0.05) is 6.07 Å². The third kappa shape index (κ3) is 5.55. The number of hydrogen-bond donors (Lipinski definition) is 2. The molecule has 0 aliphatic rings. The maximum absolute atomic E-state index is 14.1. The number of ether oxygens (including phenoxy) is 1. The number of rotatable bonds is 7. The van der Waals surface area contributed by atoms with Crippen LogP contribution in [0.5, 0.6) is 0 Å². The van der Waals surface area contributed by atoms with E-state index < -0.39 is 40.6 Å². The van der Waals surface area contributed by atoms with Crippen molar-refractivity contribution in [3.8, 4) is 0 Å². The van der Waals surface area contributed by atoms with Gasteiger partial charge in [-0.15, -0.1) is 0 Å². The highest BCUT2D eigenvalue weighted by Crippen LogP contribution is 2.24. The molecule has 1 atom stereocenters. The van der Waals surface area contributed by atoms with Gasteiger partial charge in [-0.05, 0) is 53.8 Å². The number of nitrogens with zero attached hydrogens (tertiary/aromatic N) is 2. The van der Waals surface area contributed by atoms with E-state index in [2.05, 4.69) is 9.98 Å². The first-order valence-corrected chi connectivity index (χ1v) is 9.27. The first-order chi connectivity index (χ1) is 13.3. The van der Waals surface area contributed by atoms with Crippen LogP contribution < -0.4 is 0 Å². The number of aromatic nitrogens is 1. The zero-order chi connectivity index (χ0) is 20.7. The van der Waals surface area contributed by atoms with E-state index in [0.717, 1.165) is 12.3 Å². The predicted octanol–water partition coefficient (Wildman–Crippen LogP) is 3.60. The van der Waals surface area contributed by atoms with E-state index in [1.54, 1.807) is 47.7 Å². The summed E-state index contributed by atoms with van der Waals surface area (Å²) in [6.07, 6.45) is 1.41. The number of esters is 1. The van der Waals surface area contributed by atoms with Crippen LogP contribution in [0.2, 0.25) is 0 Å². The minimum absolute atomic E-state index is 0.00316. The Morgan fingerprint density at radius 1 is 1.39 bits per heavy atom. The van der Waals surface area contributed by atoms with E-state index >= 15 is 0 Å². The molecule has 0 fully saturated rings. The molecule has 0 saturated carbocycles. The van der Waals surface area contributed by atoms with Crippen LogP contribution in [0.15, 0.2) is 47.1 Å². The van der Waals surface area contributed by atoms with Crippen LogP contribution in [-0.4, -0.2) is 40.5 Å². The Bertz CT molecular complexity index is 904. The first-order valence-electron chi connectivity index (χ1n) is 8.19. The Morgan fingerprint density at radius 2 is 2.14 bits per heavy atom. The summed E-state index contributed by atoms with van der Waals surface area (Å²) in [6.45, 7) is 1.39. The average Bonchev–Trinajstić information content (AvgIpc) is 2.68. The molecule has 2 N–H and O–H groups in total. The monoisotopic (exact) mass is 502 g/mol. The lowest BCUT2D eigenvalue weighted by molar-refractivity contribution is -0.137. The number of halogens is 3. The number of benzene rings is 1. The van der Waals surface area contributed by atoms with E-state index in [4.69, 9.17) is 4.74 Å². The Labute approximate surface area is 173 Å². The number of carbonyl (C=O) groups excluding carboxylic acids is 1. The predicted molar refractivity (Wildman–Crippen MR) is 108 cm³/mol. The Kier molecular flexibility index (Phi) is 8.00. The minimum Gasteiger partial charge on any atom is -0.506 e. The molecule has 1 unspecified atom stereocenters. The van der Waals surface area contributed by atoms with E-state index in [1.165, 1.54) is 12.3 Å². The van der Waals surface area contributed by atoms with Gasteiger partial charge in [0.2, 0.25) is 0 Å². The summed E-state index contributed by atoms with van der Waals surface area (Å²) in [4.78, 5) is 20.1. The van der Waals surface area contributed by atoms with Crippen molar-refractivity contribution in [3.63, 3.8) is 0 Å². The topological polar surface area (TPSA) is 92.0 Å². The molecule has 2 aromatic rings. The molecule has 148 valence electrons. The molecule has 28 heavy (non-hydrogen) atoms. The summed E-state index contributed by atoms with van der Waals surface area (Å²) < 4.78 is 32.9. The van der Waals surface area contributed by atoms with E-state index in [-0.39, 0.29) is 13.2 Å². The van der Waals surface area contributed by atoms with Crippen LogP contribution in [0.4, 0.5) is 8.78 Å². The van der Waals surface area contributed by atoms with Crippen molar-refractivity contribution in [2.75, 3.05) is 13.2 Å². The van der Waals surface area contributed by atoms with Crippen molar-refractivity contribution >= 4 is 40.5 Å². The smallest absolute Gasteiger partial charge is 0.343 e. The average molecular weight is 502 g/mol. The molecule has 1 aromatic heterocycles. The maximum Gasteiger partial charge on any atom is 0.343 e. The lowest BCUT2D eigenvalue weighted by Crippen LogP contribution is -2.13. The Hall–Kier alpha value is -2.40. The van der Waals surface area contributed by atoms with Crippen LogP contribution >= 0.6 is 22.6 Å². The van der Waals surface area contributed by atoms with Crippen molar-refractivity contribution in [1.29, 1.82) is 0 Å². The molecule has 0 aliphatic carbocycles. The van der Waals surface area contributed by atoms with Gasteiger partial charge >= 0.3 is 5.97 Å². The second-order valence-corrected chi connectivity index (χ2v) is 6.74. The van der Waals surface area contributed by atoms with E-state index in [0.29, 0.717) is 9.26 Å². The summed E-state index contributed by atoms with van der Waals surface area (Å²) in [7, 11) is 0. The first kappa shape index (κ1) is 21.9. The Balaban J connectivity index is 2.36. The van der Waals surface area contributed by atoms with Crippen LogP contribution in [0.25, 0.3) is 5.76 Å². The summed E-state index contributed by atoms with van der Waals surface area (Å²) in [6, 6.07) is 7.12. The fraction of sp³-hybridized carbons (Fsp3) is 0.211. The number of pyridine rings is 1. The van der Waals surface area contributed by atoms with Crippen molar-refractivity contribution in [2.24, 2.45) is 4.99 Å². The highest BCUT2D eigenvalue weighted by atomic mass is 127. The lowest BCUT2D eigenvalue weighted by Gasteiger charge is -2.10. The lowest BCUT2D eigenvalue weighted by atomic mass is 10.1. The molecule has 0 amide bonds. The molecule has 6 nitrogen and oxygen atoms in total. The standard InChI is InChI=1S/C19H17F2IN2O4/c1-2-28-19(27)13(9-23-10-16(25)15-5-3-4-6-24-15)18(26)12-7-11(22)8-14(20)17(12)21/h3-9,16,25-26H,2,10H2,1H3/b18-13+,23-9?. The van der Waals surface area contributed by atoms with E-state index in [1.807, 2.05) is 0 Å². The second kappa shape index (κ2) is 10.2. The van der Waals surface area contributed by atoms with Gasteiger partial charge in [-0.25, -0.2) is 13.6 Å². The molecule has 0 radical (unpaired) electrons. The molecule has 0 bridgehead atoms. The summed E-state index contributed by atoms with van der Waals surface area (Å²) in [5.74, 6) is -4.25. The fourth-order valence-corrected chi connectivity index (χ4v) is 2.79. The fourth-order valence-electron chi connectivity index (χ4n) is 2.20. The third-order valence-corrected chi connectivity index (χ3v) is 4.15. The van der Waals surface area contributed by atoms with Crippen molar-refractivity contribution in [3.05, 3.63) is 68.6 Å². The van der Waals surface area contributed by atoms with Gasteiger partial charge in [0.15, 0.2) is 11.6 Å². The normalized spacial score (nSPS) is 13.3. The number of aliphatic hydroxyl groups excluding tert-OH is 2. The molecule has 9 heteroatoms. The quantitative estimate of drug-likeness (QED) is 0.151. The van der Waals surface area contributed by atoms with Crippen LogP contribution in [0.3, 0.4) is 0 Å². The third-order valence-electron chi connectivity index (χ3n) is 3.53. The zero-order valence-electron chi connectivity index (χ0n) is 14.8. The largest absolute Gasteiger partial charge is 0.506 e. The number of aliphatic imine (C=N–C) groups is 1. The second-order valence-electron chi connectivity index (χ2n) is 5.50. The van der Waals surface area contributed by atoms with Crippen LogP contribution in [0.1, 0.15) is 24.3 Å². The summed E-state index contributed by atoms with van der Waals surface area (Å²) in [5.41, 5.74) is -0.587. The van der Waals surface area contributed by atoms with Gasteiger partial charge in [-0.2, -0.15) is 0 Å². The van der Waals surface area contributed by atoms with Gasteiger partial charge in [0.25, 0.3) is 0 Å². The highest BCUT2D eigenvalue weighted by Gasteiger charge is 2.21. The molecule has 1 heterocycles. The van der Waals surface area contributed by atoms with Crippen molar-refractivity contribution in [2.45, 2.75) is 13.0 Å². The molecule has 0 saturated heterocycles. The maximum atomic E-state index is 14.1. The highest BCUT2D eigenvalue weighted by molar-refractivity contribution is 14.1. The van der Waals surface area contributed by atoms with Gasteiger partial charge in [-0.3, -0.25) is 9.98 Å². The molecule has 2 rings (SSSR count). The van der Waals surface area contributed by atoms with Gasteiger partial charge in [0.05, 0.1) is 24.4 Å². The molecule has 0 aliphatic heterocycles. The number of carbonyl (C=O) groups is 1. The zero-order valence-corrected chi connectivity index (χ0v) is 16.9. The molecule has 0 spiro atoms. The van der Waals surface area contributed by atoms with Crippen LogP contribution in [-0.2, 0) is 9.53 Å². The van der Waals surface area contributed by atoms with Gasteiger partial charge in [0, 0.05) is 16.0 Å². The summed E-state index contributed by atoms with van der Waals surface area (Å²) in [5, 5.41) is 20.5. The van der Waals surface area contributed by atoms with E-state index in [9.17, 15) is 23.8 Å². The molecular weight excluding hydrogens is 485 g/mol. The minimum atomic E-state index is -1.30. The number of hydrogen-bond acceptors (Lipinski definition) is 6. The van der Waals surface area contributed by atoms with Gasteiger partial charge in [0.1, 0.15) is 17.4 Å². The Morgan fingerprint density at radius 3 is 2.79 bits per heavy atom. The molecular formula is C19H17F2IN2O4. The van der Waals surface area contributed by atoms with Crippen molar-refractivity contribution < 1.29 is 28.5 Å². The summed E-state index contributed by atoms with van der Waals surface area (Å²) >= 11 is 1.75. The molecule has 1 aromatic carbocycles. The number of aliphatic hydroxyl groups is 2. The SMILES string of the molecule is CCOC(=O)/C(C=NCC(O)c1ccccn1)=C(/O)c1cc(I)cc(F)c1F.